The maximum Gasteiger partial charge on any atom is 0.271 e. The smallest absolute Gasteiger partial charge is 0.271 e. The number of carbonyl (C=O) groups excluding carboxylic acids is 1. The van der Waals surface area contributed by atoms with Crippen molar-refractivity contribution >= 4 is 28.9 Å². The highest BCUT2D eigenvalue weighted by atomic mass is 35.5. The zero-order chi connectivity index (χ0) is 18.0. The summed E-state index contributed by atoms with van der Waals surface area (Å²) in [4.78, 5) is 26.8. The summed E-state index contributed by atoms with van der Waals surface area (Å²) >= 11 is 6.19. The normalized spacial score (nSPS) is 14.5. The van der Waals surface area contributed by atoms with Crippen LogP contribution in [-0.4, -0.2) is 41.9 Å². The largest absolute Gasteiger partial charge is 0.367 e. The Labute approximate surface area is 150 Å². The summed E-state index contributed by atoms with van der Waals surface area (Å²) in [5.74, 6) is 0.0226. The van der Waals surface area contributed by atoms with Crippen LogP contribution in [0.4, 0.5) is 11.4 Å². The second-order valence-electron chi connectivity index (χ2n) is 6.04. The lowest BCUT2D eigenvalue weighted by Gasteiger charge is -2.36. The van der Waals surface area contributed by atoms with Gasteiger partial charge in [-0.05, 0) is 25.1 Å². The lowest BCUT2D eigenvalue weighted by atomic mass is 10.1. The molecule has 0 atom stereocenters. The Morgan fingerprint density at radius 3 is 2.28 bits per heavy atom. The molecule has 1 heterocycles. The molecule has 25 heavy (non-hydrogen) atoms. The zero-order valence-electron chi connectivity index (χ0n) is 13.8. The third kappa shape index (κ3) is 3.74. The number of anilines is 1. The van der Waals surface area contributed by atoms with Crippen molar-refractivity contribution < 1.29 is 9.72 Å². The summed E-state index contributed by atoms with van der Waals surface area (Å²) < 4.78 is 0. The van der Waals surface area contributed by atoms with Gasteiger partial charge in [-0.15, -0.1) is 0 Å². The minimum Gasteiger partial charge on any atom is -0.367 e. The molecule has 0 saturated carbocycles. The number of amides is 1. The van der Waals surface area contributed by atoms with Crippen LogP contribution in [-0.2, 0) is 0 Å². The summed E-state index contributed by atoms with van der Waals surface area (Å²) in [5, 5.41) is 11.2. The summed E-state index contributed by atoms with van der Waals surface area (Å²) in [6, 6.07) is 12.0. The van der Waals surface area contributed by atoms with E-state index in [0.717, 1.165) is 11.3 Å². The van der Waals surface area contributed by atoms with Gasteiger partial charge in [-0.25, -0.2) is 0 Å². The van der Waals surface area contributed by atoms with Crippen LogP contribution in [0.5, 0.6) is 0 Å². The first-order valence-corrected chi connectivity index (χ1v) is 8.38. The molecule has 7 heteroatoms. The average molecular weight is 360 g/mol. The summed E-state index contributed by atoms with van der Waals surface area (Å²) in [6.45, 7) is 4.42. The molecule has 0 N–H and O–H groups in total. The number of hydrogen-bond donors (Lipinski definition) is 0. The van der Waals surface area contributed by atoms with Crippen molar-refractivity contribution in [2.75, 3.05) is 31.1 Å². The number of hydrogen-bond acceptors (Lipinski definition) is 4. The van der Waals surface area contributed by atoms with E-state index in [1.807, 2.05) is 41.0 Å². The topological polar surface area (TPSA) is 66.7 Å². The predicted octanol–water partition coefficient (Wildman–Crippen LogP) is 3.52. The SMILES string of the molecule is Cc1ccc(C(=O)N2CCN(c3ccc([N+](=O)[O-])cc3Cl)CC2)cc1. The molecule has 0 unspecified atom stereocenters. The van der Waals surface area contributed by atoms with Crippen LogP contribution < -0.4 is 4.90 Å². The van der Waals surface area contributed by atoms with E-state index >= 15 is 0 Å². The van der Waals surface area contributed by atoms with Crippen LogP contribution in [0.15, 0.2) is 42.5 Å². The number of non-ortho nitro benzene ring substituents is 1. The number of nitro groups is 1. The van der Waals surface area contributed by atoms with Crippen LogP contribution in [0, 0.1) is 17.0 Å². The Balaban J connectivity index is 1.66. The van der Waals surface area contributed by atoms with Crippen molar-refractivity contribution in [3.8, 4) is 0 Å². The monoisotopic (exact) mass is 359 g/mol. The summed E-state index contributed by atoms with van der Waals surface area (Å²) in [5.41, 5.74) is 2.54. The van der Waals surface area contributed by atoms with E-state index in [0.29, 0.717) is 36.8 Å². The Morgan fingerprint density at radius 1 is 1.08 bits per heavy atom. The number of halogens is 1. The first-order valence-electron chi connectivity index (χ1n) is 8.00. The first kappa shape index (κ1) is 17.2. The van der Waals surface area contributed by atoms with Crippen molar-refractivity contribution in [1.82, 2.24) is 4.90 Å². The molecule has 130 valence electrons. The number of aryl methyl sites for hydroxylation is 1. The van der Waals surface area contributed by atoms with E-state index in [9.17, 15) is 14.9 Å². The molecule has 1 amide bonds. The summed E-state index contributed by atoms with van der Waals surface area (Å²) in [7, 11) is 0. The number of carbonyl (C=O) groups is 1. The van der Waals surface area contributed by atoms with Gasteiger partial charge in [0.05, 0.1) is 15.6 Å². The number of piperazine rings is 1. The van der Waals surface area contributed by atoms with Gasteiger partial charge in [0.25, 0.3) is 11.6 Å². The average Bonchev–Trinajstić information content (AvgIpc) is 2.62. The van der Waals surface area contributed by atoms with Gasteiger partial charge in [-0.2, -0.15) is 0 Å². The van der Waals surface area contributed by atoms with Gasteiger partial charge in [0, 0.05) is 43.9 Å². The van der Waals surface area contributed by atoms with Crippen LogP contribution >= 0.6 is 11.6 Å². The first-order chi connectivity index (χ1) is 12.0. The van der Waals surface area contributed by atoms with Crippen molar-refractivity contribution in [3.63, 3.8) is 0 Å². The maximum atomic E-state index is 12.5. The fourth-order valence-electron chi connectivity index (χ4n) is 2.89. The number of benzene rings is 2. The van der Waals surface area contributed by atoms with Crippen LogP contribution in [0.25, 0.3) is 0 Å². The van der Waals surface area contributed by atoms with Gasteiger partial charge < -0.3 is 9.80 Å². The number of nitrogens with zero attached hydrogens (tertiary/aromatic N) is 3. The van der Waals surface area contributed by atoms with E-state index in [-0.39, 0.29) is 11.6 Å². The van der Waals surface area contributed by atoms with E-state index < -0.39 is 4.92 Å². The van der Waals surface area contributed by atoms with Gasteiger partial charge in [-0.1, -0.05) is 29.3 Å². The summed E-state index contributed by atoms with van der Waals surface area (Å²) in [6.07, 6.45) is 0. The van der Waals surface area contributed by atoms with Crippen molar-refractivity contribution in [3.05, 3.63) is 68.7 Å². The maximum absolute atomic E-state index is 12.5. The van der Waals surface area contributed by atoms with E-state index in [1.165, 1.54) is 12.1 Å². The highest BCUT2D eigenvalue weighted by Gasteiger charge is 2.24. The zero-order valence-corrected chi connectivity index (χ0v) is 14.6. The highest BCUT2D eigenvalue weighted by molar-refractivity contribution is 6.33. The Morgan fingerprint density at radius 2 is 1.72 bits per heavy atom. The Hall–Kier alpha value is -2.60. The molecule has 3 rings (SSSR count). The quantitative estimate of drug-likeness (QED) is 0.621. The Kier molecular flexibility index (Phi) is 4.90. The molecule has 1 aliphatic rings. The van der Waals surface area contributed by atoms with Gasteiger partial charge in [0.15, 0.2) is 0 Å². The molecule has 1 aliphatic heterocycles. The molecule has 6 nitrogen and oxygen atoms in total. The van der Waals surface area contributed by atoms with Crippen LogP contribution in [0.2, 0.25) is 5.02 Å². The molecule has 0 aliphatic carbocycles. The molecule has 0 spiro atoms. The molecule has 1 fully saturated rings. The lowest BCUT2D eigenvalue weighted by molar-refractivity contribution is -0.384. The fraction of sp³-hybridized carbons (Fsp3) is 0.278. The molecule has 2 aromatic carbocycles. The van der Waals surface area contributed by atoms with Crippen molar-refractivity contribution in [1.29, 1.82) is 0 Å². The van der Waals surface area contributed by atoms with Crippen molar-refractivity contribution in [2.45, 2.75) is 6.92 Å². The van der Waals surface area contributed by atoms with Crippen LogP contribution in [0.3, 0.4) is 0 Å². The second kappa shape index (κ2) is 7.11. The number of nitro benzene ring substituents is 1. The minimum absolute atomic E-state index is 0.0226. The standard InChI is InChI=1S/C18H18ClN3O3/c1-13-2-4-14(5-3-13)18(23)21-10-8-20(9-11-21)17-7-6-15(22(24)25)12-16(17)19/h2-7,12H,8-11H2,1H3. The van der Waals surface area contributed by atoms with Gasteiger partial charge >= 0.3 is 0 Å². The molecular weight excluding hydrogens is 342 g/mol. The molecule has 2 aromatic rings. The van der Waals surface area contributed by atoms with E-state index in [2.05, 4.69) is 0 Å². The molecule has 1 saturated heterocycles. The molecule has 0 bridgehead atoms. The predicted molar refractivity (Wildman–Crippen MR) is 97.4 cm³/mol. The lowest BCUT2D eigenvalue weighted by Crippen LogP contribution is -2.48. The fourth-order valence-corrected chi connectivity index (χ4v) is 3.19. The highest BCUT2D eigenvalue weighted by Crippen LogP contribution is 2.30. The third-order valence-corrected chi connectivity index (χ3v) is 4.65. The molecule has 0 radical (unpaired) electrons. The molecular formula is C18H18ClN3O3. The van der Waals surface area contributed by atoms with Crippen molar-refractivity contribution in [2.24, 2.45) is 0 Å². The van der Waals surface area contributed by atoms with E-state index in [4.69, 9.17) is 11.6 Å². The minimum atomic E-state index is -0.464. The second-order valence-corrected chi connectivity index (χ2v) is 6.45. The van der Waals surface area contributed by atoms with Gasteiger partial charge in [0.2, 0.25) is 0 Å². The number of rotatable bonds is 3. The van der Waals surface area contributed by atoms with Gasteiger partial charge in [-0.3, -0.25) is 14.9 Å². The Bertz CT molecular complexity index is 800. The van der Waals surface area contributed by atoms with Crippen LogP contribution in [0.1, 0.15) is 15.9 Å². The van der Waals surface area contributed by atoms with E-state index in [1.54, 1.807) is 6.07 Å². The van der Waals surface area contributed by atoms with Gasteiger partial charge in [0.1, 0.15) is 0 Å². The third-order valence-electron chi connectivity index (χ3n) is 4.35. The molecule has 0 aromatic heterocycles.